The van der Waals surface area contributed by atoms with Crippen LogP contribution in [0.25, 0.3) is 11.4 Å². The maximum absolute atomic E-state index is 5.43. The van der Waals surface area contributed by atoms with Gasteiger partial charge in [0.05, 0.1) is 13.2 Å². The SMILES string of the molecule is CCOc1ccc(-c2noc(CNc3ccc(C)cc3Br)n2)cc1. The molecule has 0 amide bonds. The Hall–Kier alpha value is -2.34. The van der Waals surface area contributed by atoms with Crippen LogP contribution in [0.15, 0.2) is 51.5 Å². The fraction of sp³-hybridized carbons (Fsp3) is 0.222. The molecule has 0 unspecified atom stereocenters. The maximum Gasteiger partial charge on any atom is 0.246 e. The van der Waals surface area contributed by atoms with E-state index in [1.807, 2.05) is 43.3 Å². The van der Waals surface area contributed by atoms with Crippen LogP contribution in [0.3, 0.4) is 0 Å². The molecule has 0 fully saturated rings. The summed E-state index contributed by atoms with van der Waals surface area (Å²) in [6, 6.07) is 13.8. The van der Waals surface area contributed by atoms with Gasteiger partial charge in [-0.3, -0.25) is 0 Å². The van der Waals surface area contributed by atoms with Gasteiger partial charge in [-0.05, 0) is 71.7 Å². The van der Waals surface area contributed by atoms with Crippen molar-refractivity contribution in [2.24, 2.45) is 0 Å². The number of benzene rings is 2. The first-order valence-corrected chi connectivity index (χ1v) is 8.51. The minimum atomic E-state index is 0.464. The average molecular weight is 388 g/mol. The van der Waals surface area contributed by atoms with Gasteiger partial charge in [0.2, 0.25) is 11.7 Å². The fourth-order valence-corrected chi connectivity index (χ4v) is 2.88. The molecule has 0 bridgehead atoms. The van der Waals surface area contributed by atoms with Crippen molar-refractivity contribution in [1.29, 1.82) is 0 Å². The highest BCUT2D eigenvalue weighted by Crippen LogP contribution is 2.24. The maximum atomic E-state index is 5.43. The Balaban J connectivity index is 1.66. The van der Waals surface area contributed by atoms with Crippen molar-refractivity contribution in [3.63, 3.8) is 0 Å². The highest BCUT2D eigenvalue weighted by Gasteiger charge is 2.09. The summed E-state index contributed by atoms with van der Waals surface area (Å²) in [7, 11) is 0. The smallest absolute Gasteiger partial charge is 0.246 e. The molecule has 1 aromatic heterocycles. The van der Waals surface area contributed by atoms with Crippen molar-refractivity contribution in [2.75, 3.05) is 11.9 Å². The lowest BCUT2D eigenvalue weighted by atomic mass is 10.2. The molecule has 124 valence electrons. The molecule has 5 nitrogen and oxygen atoms in total. The van der Waals surface area contributed by atoms with E-state index in [-0.39, 0.29) is 0 Å². The second-order valence-electron chi connectivity index (χ2n) is 5.31. The molecule has 0 spiro atoms. The van der Waals surface area contributed by atoms with Gasteiger partial charge in [-0.15, -0.1) is 0 Å². The van der Waals surface area contributed by atoms with Crippen molar-refractivity contribution in [3.05, 3.63) is 58.4 Å². The van der Waals surface area contributed by atoms with Crippen molar-refractivity contribution in [2.45, 2.75) is 20.4 Å². The minimum absolute atomic E-state index is 0.464. The Kier molecular flexibility index (Phi) is 5.15. The van der Waals surface area contributed by atoms with Gasteiger partial charge >= 0.3 is 0 Å². The van der Waals surface area contributed by atoms with Crippen LogP contribution in [0.5, 0.6) is 5.75 Å². The summed E-state index contributed by atoms with van der Waals surface area (Å²) in [5.74, 6) is 1.93. The number of ether oxygens (including phenoxy) is 1. The van der Waals surface area contributed by atoms with E-state index >= 15 is 0 Å². The molecule has 0 radical (unpaired) electrons. The molecule has 3 aromatic rings. The van der Waals surface area contributed by atoms with Crippen LogP contribution in [0.4, 0.5) is 5.69 Å². The summed E-state index contributed by atoms with van der Waals surface area (Å²) in [5.41, 5.74) is 3.08. The monoisotopic (exact) mass is 387 g/mol. The molecule has 0 aliphatic rings. The number of halogens is 1. The van der Waals surface area contributed by atoms with E-state index in [0.717, 1.165) is 21.5 Å². The van der Waals surface area contributed by atoms with E-state index in [9.17, 15) is 0 Å². The van der Waals surface area contributed by atoms with Gasteiger partial charge in [-0.2, -0.15) is 4.98 Å². The zero-order valence-corrected chi connectivity index (χ0v) is 15.1. The van der Waals surface area contributed by atoms with Crippen LogP contribution in [-0.2, 0) is 6.54 Å². The zero-order valence-electron chi connectivity index (χ0n) is 13.5. The van der Waals surface area contributed by atoms with Crippen LogP contribution in [0.2, 0.25) is 0 Å². The van der Waals surface area contributed by atoms with Crippen LogP contribution in [-0.4, -0.2) is 16.7 Å². The summed E-state index contributed by atoms with van der Waals surface area (Å²) in [4.78, 5) is 4.42. The first-order chi connectivity index (χ1) is 11.7. The Morgan fingerprint density at radius 3 is 2.67 bits per heavy atom. The van der Waals surface area contributed by atoms with Crippen LogP contribution < -0.4 is 10.1 Å². The number of rotatable bonds is 6. The summed E-state index contributed by atoms with van der Waals surface area (Å²) in [6.45, 7) is 5.12. The lowest BCUT2D eigenvalue weighted by molar-refractivity contribution is 0.340. The number of aryl methyl sites for hydroxylation is 1. The van der Waals surface area contributed by atoms with E-state index < -0.39 is 0 Å². The molecule has 0 aliphatic carbocycles. The average Bonchev–Trinajstić information content (AvgIpc) is 3.04. The minimum Gasteiger partial charge on any atom is -0.494 e. The Morgan fingerprint density at radius 2 is 1.96 bits per heavy atom. The van der Waals surface area contributed by atoms with Crippen molar-refractivity contribution >= 4 is 21.6 Å². The standard InChI is InChI=1S/C18H18BrN3O2/c1-3-23-14-7-5-13(6-8-14)18-21-17(24-22-18)11-20-16-9-4-12(2)10-15(16)19/h4-10,20H,3,11H2,1-2H3. The number of hydrogen-bond acceptors (Lipinski definition) is 5. The molecule has 1 N–H and O–H groups in total. The Morgan fingerprint density at radius 1 is 1.17 bits per heavy atom. The van der Waals surface area contributed by atoms with E-state index in [2.05, 4.69) is 44.4 Å². The summed E-state index contributed by atoms with van der Waals surface area (Å²) < 4.78 is 11.8. The zero-order chi connectivity index (χ0) is 16.9. The van der Waals surface area contributed by atoms with E-state index in [1.54, 1.807) is 0 Å². The first-order valence-electron chi connectivity index (χ1n) is 7.71. The van der Waals surface area contributed by atoms with Crippen LogP contribution >= 0.6 is 15.9 Å². The van der Waals surface area contributed by atoms with Gasteiger partial charge in [-0.25, -0.2) is 0 Å². The molecular formula is C18H18BrN3O2. The summed E-state index contributed by atoms with van der Waals surface area (Å²) >= 11 is 3.54. The molecule has 2 aromatic carbocycles. The third-order valence-electron chi connectivity index (χ3n) is 3.45. The lowest BCUT2D eigenvalue weighted by Gasteiger charge is -2.06. The highest BCUT2D eigenvalue weighted by molar-refractivity contribution is 9.10. The Bertz CT molecular complexity index is 815. The van der Waals surface area contributed by atoms with Crippen molar-refractivity contribution in [1.82, 2.24) is 10.1 Å². The van der Waals surface area contributed by atoms with Gasteiger partial charge in [-0.1, -0.05) is 11.2 Å². The van der Waals surface area contributed by atoms with Gasteiger partial charge in [0, 0.05) is 15.7 Å². The van der Waals surface area contributed by atoms with Gasteiger partial charge in [0.15, 0.2) is 0 Å². The number of hydrogen-bond donors (Lipinski definition) is 1. The predicted molar refractivity (Wildman–Crippen MR) is 97.1 cm³/mol. The van der Waals surface area contributed by atoms with Crippen LogP contribution in [0.1, 0.15) is 18.4 Å². The molecule has 0 atom stereocenters. The molecular weight excluding hydrogens is 370 g/mol. The summed E-state index contributed by atoms with van der Waals surface area (Å²) in [6.07, 6.45) is 0. The third kappa shape index (κ3) is 3.94. The second kappa shape index (κ2) is 7.49. The molecule has 1 heterocycles. The molecule has 0 aliphatic heterocycles. The molecule has 24 heavy (non-hydrogen) atoms. The van der Waals surface area contributed by atoms with E-state index in [0.29, 0.717) is 24.9 Å². The largest absolute Gasteiger partial charge is 0.494 e. The first kappa shape index (κ1) is 16.5. The number of anilines is 1. The summed E-state index contributed by atoms with van der Waals surface area (Å²) in [5, 5.41) is 7.32. The van der Waals surface area contributed by atoms with Gasteiger partial charge in [0.1, 0.15) is 5.75 Å². The highest BCUT2D eigenvalue weighted by atomic mass is 79.9. The molecule has 6 heteroatoms. The van der Waals surface area contributed by atoms with Gasteiger partial charge in [0.25, 0.3) is 0 Å². The van der Waals surface area contributed by atoms with Crippen LogP contribution in [0, 0.1) is 6.92 Å². The number of nitrogens with one attached hydrogen (secondary N) is 1. The number of nitrogens with zero attached hydrogens (tertiary/aromatic N) is 2. The topological polar surface area (TPSA) is 60.2 Å². The Labute approximate surface area is 149 Å². The van der Waals surface area contributed by atoms with Gasteiger partial charge < -0.3 is 14.6 Å². The molecule has 3 rings (SSSR count). The van der Waals surface area contributed by atoms with E-state index in [1.165, 1.54) is 5.56 Å². The molecule has 0 saturated heterocycles. The number of aromatic nitrogens is 2. The van der Waals surface area contributed by atoms with Crippen molar-refractivity contribution < 1.29 is 9.26 Å². The third-order valence-corrected chi connectivity index (χ3v) is 4.10. The normalized spacial score (nSPS) is 10.6. The van der Waals surface area contributed by atoms with E-state index in [4.69, 9.17) is 9.26 Å². The van der Waals surface area contributed by atoms with Crippen molar-refractivity contribution in [3.8, 4) is 17.1 Å². The molecule has 0 saturated carbocycles. The quantitative estimate of drug-likeness (QED) is 0.656. The lowest BCUT2D eigenvalue weighted by Crippen LogP contribution is -2.00. The fourth-order valence-electron chi connectivity index (χ4n) is 2.25. The second-order valence-corrected chi connectivity index (χ2v) is 6.16. The predicted octanol–water partition coefficient (Wildman–Crippen LogP) is 4.82.